The fourth-order valence-corrected chi connectivity index (χ4v) is 5.56. The number of methoxy groups -OCH3 is 1. The van der Waals surface area contributed by atoms with Gasteiger partial charge in [0.15, 0.2) is 5.17 Å². The summed E-state index contributed by atoms with van der Waals surface area (Å²) < 4.78 is 5.35. The van der Waals surface area contributed by atoms with Crippen LogP contribution in [0.15, 0.2) is 106 Å². The number of hydrogen-bond donors (Lipinski definition) is 0. The first kappa shape index (κ1) is 23.5. The Labute approximate surface area is 224 Å². The molecular formula is C30H22ClN3O2S. The molecular weight excluding hydrogens is 502 g/mol. The maximum atomic E-state index is 12.8. The molecule has 0 fully saturated rings. The lowest BCUT2D eigenvalue weighted by Gasteiger charge is -2.22. The summed E-state index contributed by atoms with van der Waals surface area (Å²) in [5, 5.41) is 10.5. The lowest BCUT2D eigenvalue weighted by atomic mass is 9.97. The molecule has 1 atom stereocenters. The van der Waals surface area contributed by atoms with Gasteiger partial charge in [-0.15, -0.1) is 0 Å². The van der Waals surface area contributed by atoms with Crippen LogP contribution in [0.1, 0.15) is 29.2 Å². The van der Waals surface area contributed by atoms with Crippen LogP contribution in [0.5, 0.6) is 5.75 Å². The third-order valence-electron chi connectivity index (χ3n) is 6.47. The van der Waals surface area contributed by atoms with Gasteiger partial charge in [-0.25, -0.2) is 5.01 Å². The van der Waals surface area contributed by atoms with Crippen molar-refractivity contribution in [2.24, 2.45) is 10.1 Å². The molecule has 0 N–H and O–H groups in total. The van der Waals surface area contributed by atoms with E-state index in [1.54, 1.807) is 19.2 Å². The lowest BCUT2D eigenvalue weighted by molar-refractivity contribution is -0.113. The first-order valence-electron chi connectivity index (χ1n) is 11.9. The van der Waals surface area contributed by atoms with Crippen molar-refractivity contribution in [3.8, 4) is 5.75 Å². The fraction of sp³-hybridized carbons (Fsp3) is 0.100. The number of carbonyl (C=O) groups excluding carboxylic acids is 1. The molecule has 0 radical (unpaired) electrons. The van der Waals surface area contributed by atoms with E-state index >= 15 is 0 Å². The van der Waals surface area contributed by atoms with Crippen molar-refractivity contribution < 1.29 is 9.53 Å². The maximum Gasteiger partial charge on any atom is 0.286 e. The van der Waals surface area contributed by atoms with E-state index in [1.807, 2.05) is 59.6 Å². The largest absolute Gasteiger partial charge is 0.497 e. The number of fused-ring (bicyclic) bond motifs is 1. The average Bonchev–Trinajstić information content (AvgIpc) is 3.53. The molecule has 5 nitrogen and oxygen atoms in total. The minimum atomic E-state index is -0.266. The number of benzene rings is 4. The molecule has 4 aromatic carbocycles. The first-order chi connectivity index (χ1) is 18.1. The summed E-state index contributed by atoms with van der Waals surface area (Å²) in [5.74, 6) is 0.526. The van der Waals surface area contributed by atoms with Crippen molar-refractivity contribution in [3.05, 3.63) is 118 Å². The SMILES string of the molecule is COc1ccc([C@@H]2CC(c3ccc4ccccc4c3)=NN2C2=NC(=O)/C(=C/c3ccc(Cl)cc3)S2)cc1. The standard InChI is InChI=1S/C30H22ClN3O2S/c1-36-25-14-10-21(11-15-25)27-18-26(23-9-8-20-4-2-3-5-22(20)17-23)33-34(27)30-32-29(35)28(37-30)16-19-6-12-24(31)13-7-19/h2-17,27H,18H2,1H3/b28-16-/t27-/m0/s1. The molecule has 0 saturated carbocycles. The van der Waals surface area contributed by atoms with Crippen LogP contribution in [0.4, 0.5) is 0 Å². The molecule has 182 valence electrons. The zero-order valence-corrected chi connectivity index (χ0v) is 21.5. The van der Waals surface area contributed by atoms with Gasteiger partial charge in [-0.05, 0) is 75.6 Å². The topological polar surface area (TPSA) is 54.3 Å². The minimum absolute atomic E-state index is 0.0960. The number of aliphatic imine (C=N–C) groups is 1. The van der Waals surface area contributed by atoms with Crippen LogP contribution in [0.2, 0.25) is 5.02 Å². The van der Waals surface area contributed by atoms with Crippen LogP contribution in [0.3, 0.4) is 0 Å². The zero-order valence-electron chi connectivity index (χ0n) is 20.0. The Hall–Kier alpha value is -3.87. The third-order valence-corrected chi connectivity index (χ3v) is 7.69. The summed E-state index contributed by atoms with van der Waals surface area (Å²) in [6.45, 7) is 0. The highest BCUT2D eigenvalue weighted by Crippen LogP contribution is 2.40. The predicted molar refractivity (Wildman–Crippen MR) is 152 cm³/mol. The first-order valence-corrected chi connectivity index (χ1v) is 13.0. The van der Waals surface area contributed by atoms with Gasteiger partial charge in [0.1, 0.15) is 5.75 Å². The van der Waals surface area contributed by atoms with E-state index < -0.39 is 0 Å². The Morgan fingerprint density at radius 3 is 2.49 bits per heavy atom. The average molecular weight is 524 g/mol. The van der Waals surface area contributed by atoms with Crippen LogP contribution in [0, 0.1) is 0 Å². The molecule has 6 rings (SSSR count). The van der Waals surface area contributed by atoms with Crippen molar-refractivity contribution in [2.75, 3.05) is 7.11 Å². The van der Waals surface area contributed by atoms with E-state index in [0.29, 0.717) is 21.5 Å². The second-order valence-corrected chi connectivity index (χ2v) is 10.3. The third kappa shape index (κ3) is 4.78. The van der Waals surface area contributed by atoms with Gasteiger partial charge < -0.3 is 4.74 Å². The second-order valence-electron chi connectivity index (χ2n) is 8.81. The van der Waals surface area contributed by atoms with Crippen molar-refractivity contribution in [3.63, 3.8) is 0 Å². The normalized spacial score (nSPS) is 18.4. The molecule has 2 aliphatic rings. The van der Waals surface area contributed by atoms with E-state index in [2.05, 4.69) is 35.3 Å². The number of halogens is 1. The Morgan fingerprint density at radius 1 is 0.973 bits per heavy atom. The number of hydrogen-bond acceptors (Lipinski definition) is 5. The Bertz CT molecular complexity index is 1590. The smallest absolute Gasteiger partial charge is 0.286 e. The van der Waals surface area contributed by atoms with E-state index in [1.165, 1.54) is 17.1 Å². The minimum Gasteiger partial charge on any atom is -0.497 e. The number of rotatable bonds is 4. The summed E-state index contributed by atoms with van der Waals surface area (Å²) in [6.07, 6.45) is 2.53. The van der Waals surface area contributed by atoms with Crippen LogP contribution < -0.4 is 4.74 Å². The number of hydrazone groups is 1. The molecule has 0 bridgehead atoms. The zero-order chi connectivity index (χ0) is 25.4. The monoisotopic (exact) mass is 523 g/mol. The van der Waals surface area contributed by atoms with Crippen molar-refractivity contribution in [1.82, 2.24) is 5.01 Å². The van der Waals surface area contributed by atoms with Crippen LogP contribution in [0.25, 0.3) is 16.8 Å². The van der Waals surface area contributed by atoms with Crippen molar-refractivity contribution in [2.45, 2.75) is 12.5 Å². The van der Waals surface area contributed by atoms with Gasteiger partial charge in [-0.3, -0.25) is 4.79 Å². The molecule has 37 heavy (non-hydrogen) atoms. The fourth-order valence-electron chi connectivity index (χ4n) is 4.52. The van der Waals surface area contributed by atoms with Crippen molar-refractivity contribution in [1.29, 1.82) is 0 Å². The molecule has 0 aromatic heterocycles. The number of thioether (sulfide) groups is 1. The molecule has 0 spiro atoms. The molecule has 4 aromatic rings. The van der Waals surface area contributed by atoms with Gasteiger partial charge in [0.05, 0.1) is 23.8 Å². The van der Waals surface area contributed by atoms with Crippen LogP contribution in [-0.4, -0.2) is 28.9 Å². The van der Waals surface area contributed by atoms with Gasteiger partial charge in [0, 0.05) is 11.4 Å². The highest BCUT2D eigenvalue weighted by molar-refractivity contribution is 8.18. The molecule has 0 unspecified atom stereocenters. The van der Waals surface area contributed by atoms with Gasteiger partial charge in [0.2, 0.25) is 0 Å². The van der Waals surface area contributed by atoms with Gasteiger partial charge in [0.25, 0.3) is 5.91 Å². The number of nitrogens with zero attached hydrogens (tertiary/aromatic N) is 3. The van der Waals surface area contributed by atoms with Crippen LogP contribution in [-0.2, 0) is 4.79 Å². The van der Waals surface area contributed by atoms with Gasteiger partial charge in [-0.2, -0.15) is 10.1 Å². The van der Waals surface area contributed by atoms with Gasteiger partial charge in [-0.1, -0.05) is 72.3 Å². The summed E-state index contributed by atoms with van der Waals surface area (Å²) >= 11 is 7.35. The predicted octanol–water partition coefficient (Wildman–Crippen LogP) is 7.32. The lowest BCUT2D eigenvalue weighted by Crippen LogP contribution is -2.23. The summed E-state index contributed by atoms with van der Waals surface area (Å²) in [7, 11) is 1.65. The number of amides is 1. The summed E-state index contributed by atoms with van der Waals surface area (Å²) in [4.78, 5) is 17.8. The highest BCUT2D eigenvalue weighted by atomic mass is 35.5. The Morgan fingerprint density at radius 2 is 1.73 bits per heavy atom. The molecule has 0 saturated heterocycles. The molecule has 0 aliphatic carbocycles. The number of amidine groups is 1. The van der Waals surface area contributed by atoms with E-state index in [9.17, 15) is 4.79 Å². The summed E-state index contributed by atoms with van der Waals surface area (Å²) in [5.41, 5.74) is 3.99. The van der Waals surface area contributed by atoms with E-state index in [-0.39, 0.29) is 11.9 Å². The highest BCUT2D eigenvalue weighted by Gasteiger charge is 2.36. The maximum absolute atomic E-state index is 12.8. The second kappa shape index (κ2) is 9.88. The molecule has 2 heterocycles. The van der Waals surface area contributed by atoms with Crippen molar-refractivity contribution >= 4 is 57.0 Å². The van der Waals surface area contributed by atoms with E-state index in [0.717, 1.165) is 33.5 Å². The Balaban J connectivity index is 1.35. The molecule has 1 amide bonds. The van der Waals surface area contributed by atoms with Gasteiger partial charge >= 0.3 is 0 Å². The quantitative estimate of drug-likeness (QED) is 0.263. The molecule has 7 heteroatoms. The Kier molecular flexibility index (Phi) is 6.28. The molecule has 2 aliphatic heterocycles. The van der Waals surface area contributed by atoms with Crippen LogP contribution >= 0.6 is 23.4 Å². The number of ether oxygens (including phenoxy) is 1. The number of carbonyl (C=O) groups is 1. The summed E-state index contributed by atoms with van der Waals surface area (Å²) in [6, 6.07) is 30.0. The van der Waals surface area contributed by atoms with E-state index in [4.69, 9.17) is 21.4 Å².